The molecule has 2 aromatic heterocycles. The van der Waals surface area contributed by atoms with E-state index in [1.165, 1.54) is 12.1 Å². The minimum atomic E-state index is -4.47. The second kappa shape index (κ2) is 19.1. The number of rotatable bonds is 4. The van der Waals surface area contributed by atoms with Gasteiger partial charge in [0.2, 0.25) is 0 Å². The molecule has 3 amide bonds. The predicted octanol–water partition coefficient (Wildman–Crippen LogP) is 11.1. The molecule has 4 bridgehead atoms. The minimum Gasteiger partial charge on any atom is -0.444 e. The number of amides is 3. The van der Waals surface area contributed by atoms with Crippen molar-refractivity contribution in [3.05, 3.63) is 114 Å². The van der Waals surface area contributed by atoms with Crippen LogP contribution in [0.1, 0.15) is 62.6 Å². The molecular weight excluding hydrogens is 915 g/mol. The van der Waals surface area contributed by atoms with E-state index in [1.54, 1.807) is 34.1 Å². The summed E-state index contributed by atoms with van der Waals surface area (Å²) in [5.74, 6) is 1.31. The number of fused-ring (bicyclic) bond motifs is 8. The standard InChI is InChI=1S/C32H34F3N5O3.C16H14F3N3.2H2S/c1-31(2,3)43-30(42)39-14-12-22(18-39)20-6-5-9-24(17-20)36-29(41)40-25-13-15-38(19-25)27-11-10-26(37-28(27)40)21-7-4-8-23(16-21)32(33,34)35;17-16(18,19)11-3-1-2-10(8-11)13-4-5-14-15(21-13)20-12-6-7-22(14)9-12;;/h4-11,16-17,22,25H,12-15,18-19H2,1-3H3,(H,36,41);1-5,8,12H,6-7,9H2,(H,20,21);2*1H2/t22?,25-;12-;;/m00../s1. The molecule has 2 N–H and O–H groups in total. The lowest BCUT2D eigenvalue weighted by molar-refractivity contribution is -0.138. The van der Waals surface area contributed by atoms with Crippen LogP contribution in [0.4, 0.5) is 64.6 Å². The van der Waals surface area contributed by atoms with Gasteiger partial charge in [0.25, 0.3) is 0 Å². The van der Waals surface area contributed by atoms with Crippen molar-refractivity contribution in [2.24, 2.45) is 0 Å². The van der Waals surface area contributed by atoms with Crippen LogP contribution >= 0.6 is 27.0 Å². The molecule has 0 saturated carbocycles. The van der Waals surface area contributed by atoms with Crippen molar-refractivity contribution in [3.63, 3.8) is 0 Å². The molecule has 5 aliphatic rings. The summed E-state index contributed by atoms with van der Waals surface area (Å²) in [5, 5.41) is 6.40. The summed E-state index contributed by atoms with van der Waals surface area (Å²) in [6.07, 6.45) is -6.53. The number of benzene rings is 3. The van der Waals surface area contributed by atoms with E-state index >= 15 is 0 Å². The van der Waals surface area contributed by atoms with Gasteiger partial charge in [0.15, 0.2) is 11.6 Å². The third-order valence-electron chi connectivity index (χ3n) is 12.3. The highest BCUT2D eigenvalue weighted by atomic mass is 32.1. The van der Waals surface area contributed by atoms with Crippen LogP contribution in [0.2, 0.25) is 0 Å². The van der Waals surface area contributed by atoms with E-state index in [0.717, 1.165) is 85.9 Å². The number of nitrogens with zero attached hydrogens (tertiary/aromatic N) is 6. The van der Waals surface area contributed by atoms with Gasteiger partial charge in [-0.15, -0.1) is 0 Å². The highest BCUT2D eigenvalue weighted by Crippen LogP contribution is 2.42. The number of anilines is 5. The third kappa shape index (κ3) is 10.7. The van der Waals surface area contributed by atoms with Gasteiger partial charge >= 0.3 is 24.5 Å². The molecule has 19 heteroatoms. The SMILES string of the molecule is CC(C)(C)OC(=O)N1CCC(c2cccc(NC(=O)N3c4nc(-c5cccc(C(F)(F)F)c5)ccc4N4CC[C@H]3C4)c2)C1.FC(F)(F)c1cccc(-c2ccc3c(n2)N[C@H]2CCN3C2)c1.S.S. The number of alkyl halides is 6. The van der Waals surface area contributed by atoms with Crippen molar-refractivity contribution < 1.29 is 40.7 Å². The smallest absolute Gasteiger partial charge is 0.416 e. The van der Waals surface area contributed by atoms with E-state index in [-0.39, 0.29) is 51.1 Å². The third-order valence-corrected chi connectivity index (χ3v) is 12.3. The number of halogens is 6. The van der Waals surface area contributed by atoms with Crippen molar-refractivity contribution >= 4 is 67.8 Å². The number of ether oxygens (including phenoxy) is 1. The summed E-state index contributed by atoms with van der Waals surface area (Å²) >= 11 is 0. The molecule has 5 aliphatic heterocycles. The van der Waals surface area contributed by atoms with Crippen molar-refractivity contribution in [1.29, 1.82) is 0 Å². The molecule has 0 radical (unpaired) electrons. The molecule has 7 heterocycles. The first-order valence-electron chi connectivity index (χ1n) is 21.7. The van der Waals surface area contributed by atoms with Crippen LogP contribution in [0.25, 0.3) is 22.5 Å². The summed E-state index contributed by atoms with van der Waals surface area (Å²) in [4.78, 5) is 43.4. The number of carbonyl (C=O) groups is 2. The summed E-state index contributed by atoms with van der Waals surface area (Å²) in [6.45, 7) is 10.0. The lowest BCUT2D eigenvalue weighted by Crippen LogP contribution is -2.48. The van der Waals surface area contributed by atoms with Gasteiger partial charge in [0.05, 0.1) is 39.9 Å². The average molecular weight is 967 g/mol. The number of pyridine rings is 2. The summed E-state index contributed by atoms with van der Waals surface area (Å²) in [6, 6.07) is 25.2. The van der Waals surface area contributed by atoms with E-state index in [0.29, 0.717) is 59.7 Å². The molecule has 0 aliphatic carbocycles. The van der Waals surface area contributed by atoms with E-state index in [9.17, 15) is 35.9 Å². The van der Waals surface area contributed by atoms with Crippen LogP contribution in [0.3, 0.4) is 0 Å². The maximum Gasteiger partial charge on any atom is 0.416 e. The van der Waals surface area contributed by atoms with E-state index in [2.05, 4.69) is 25.4 Å². The zero-order chi connectivity index (χ0) is 45.8. The molecule has 3 aromatic carbocycles. The minimum absolute atomic E-state index is 0. The number of hydrogen-bond acceptors (Lipinski definition) is 8. The fourth-order valence-electron chi connectivity index (χ4n) is 9.18. The van der Waals surface area contributed by atoms with Crippen LogP contribution < -0.4 is 25.3 Å². The Kier molecular flexibility index (Phi) is 14.0. The lowest BCUT2D eigenvalue weighted by atomic mass is 9.98. The second-order valence-corrected chi connectivity index (χ2v) is 18.1. The van der Waals surface area contributed by atoms with Crippen LogP contribution in [0, 0.1) is 0 Å². The number of hydrogen-bond donors (Lipinski definition) is 2. The number of aromatic nitrogens is 2. The maximum atomic E-state index is 13.8. The fourth-order valence-corrected chi connectivity index (χ4v) is 9.18. The van der Waals surface area contributed by atoms with E-state index in [4.69, 9.17) is 9.72 Å². The quantitative estimate of drug-likeness (QED) is 0.172. The zero-order valence-electron chi connectivity index (χ0n) is 37.0. The molecule has 356 valence electrons. The average Bonchev–Trinajstić information content (AvgIpc) is 4.03. The van der Waals surface area contributed by atoms with Crippen molar-refractivity contribution in [1.82, 2.24) is 14.9 Å². The molecular formula is C48H52F6N8O3S2. The normalized spacial score (nSPS) is 19.2. The largest absolute Gasteiger partial charge is 0.444 e. The molecule has 10 rings (SSSR count). The van der Waals surface area contributed by atoms with Crippen molar-refractivity contribution in [3.8, 4) is 22.5 Å². The highest BCUT2D eigenvalue weighted by molar-refractivity contribution is 7.59. The van der Waals surface area contributed by atoms with Crippen LogP contribution in [-0.2, 0) is 17.1 Å². The number of carbonyl (C=O) groups excluding carboxylic acids is 2. The number of likely N-dealkylation sites (tertiary alicyclic amines) is 1. The van der Waals surface area contributed by atoms with Gasteiger partial charge in [-0.05, 0) is 106 Å². The topological polar surface area (TPSA) is 106 Å². The Balaban J connectivity index is 0.000000233. The Morgan fingerprint density at radius 2 is 1.30 bits per heavy atom. The van der Waals surface area contributed by atoms with E-state index < -0.39 is 29.1 Å². The molecule has 1 unspecified atom stereocenters. The van der Waals surface area contributed by atoms with Crippen LogP contribution in [0.15, 0.2) is 97.1 Å². The molecule has 67 heavy (non-hydrogen) atoms. The Labute approximate surface area is 398 Å². The summed E-state index contributed by atoms with van der Waals surface area (Å²) in [7, 11) is 0. The summed E-state index contributed by atoms with van der Waals surface area (Å²) < 4.78 is 84.1. The van der Waals surface area contributed by atoms with Gasteiger partial charge in [0.1, 0.15) is 5.60 Å². The first-order chi connectivity index (χ1) is 30.9. The number of urea groups is 1. The molecule has 3 atom stereocenters. The van der Waals surface area contributed by atoms with Crippen LogP contribution in [-0.4, -0.2) is 83.9 Å². The second-order valence-electron chi connectivity index (χ2n) is 18.1. The van der Waals surface area contributed by atoms with Gasteiger partial charge in [-0.3, -0.25) is 4.90 Å². The lowest BCUT2D eigenvalue weighted by Gasteiger charge is -2.36. The molecule has 3 fully saturated rings. The monoisotopic (exact) mass is 966 g/mol. The first kappa shape index (κ1) is 49.1. The van der Waals surface area contributed by atoms with Crippen molar-refractivity contribution in [2.45, 2.75) is 76.0 Å². The molecule has 5 aromatic rings. The fraction of sp³-hybridized carbons (Fsp3) is 0.375. The maximum absolute atomic E-state index is 13.8. The van der Waals surface area contributed by atoms with Gasteiger partial charge in [-0.25, -0.2) is 19.6 Å². The van der Waals surface area contributed by atoms with Crippen molar-refractivity contribution in [2.75, 3.05) is 64.6 Å². The van der Waals surface area contributed by atoms with Crippen LogP contribution in [0.5, 0.6) is 0 Å². The van der Waals surface area contributed by atoms with Gasteiger partial charge in [0, 0.05) is 68.0 Å². The summed E-state index contributed by atoms with van der Waals surface area (Å²) in [5.41, 5.74) is 3.21. The highest BCUT2D eigenvalue weighted by Gasteiger charge is 2.41. The van der Waals surface area contributed by atoms with Gasteiger partial charge in [-0.1, -0.05) is 36.4 Å². The number of nitrogens with one attached hydrogen (secondary N) is 2. The first-order valence-corrected chi connectivity index (χ1v) is 21.7. The predicted molar refractivity (Wildman–Crippen MR) is 258 cm³/mol. The molecule has 3 saturated heterocycles. The zero-order valence-corrected chi connectivity index (χ0v) is 39.0. The Morgan fingerprint density at radius 1 is 0.687 bits per heavy atom. The molecule has 11 nitrogen and oxygen atoms in total. The Morgan fingerprint density at radius 3 is 1.96 bits per heavy atom. The Hall–Kier alpha value is -5.82. The van der Waals surface area contributed by atoms with Gasteiger partial charge in [-0.2, -0.15) is 53.3 Å². The van der Waals surface area contributed by atoms with E-state index in [1.807, 2.05) is 57.2 Å². The molecule has 0 spiro atoms. The Bertz CT molecular complexity index is 2630. The van der Waals surface area contributed by atoms with Gasteiger partial charge < -0.3 is 30.1 Å².